The van der Waals surface area contributed by atoms with E-state index in [0.717, 1.165) is 0 Å². The summed E-state index contributed by atoms with van der Waals surface area (Å²) in [5.74, 6) is -1.75. The predicted octanol–water partition coefficient (Wildman–Crippen LogP) is 2.45. The Morgan fingerprint density at radius 1 is 0.875 bits per heavy atom. The highest BCUT2D eigenvalue weighted by Crippen LogP contribution is 2.17. The van der Waals surface area contributed by atoms with Gasteiger partial charge in [0.05, 0.1) is 6.42 Å². The Hall–Kier alpha value is -3.35. The molecule has 0 unspecified atom stereocenters. The lowest BCUT2D eigenvalue weighted by Crippen LogP contribution is -2.14. The van der Waals surface area contributed by atoms with Crippen molar-refractivity contribution in [2.75, 3.05) is 10.6 Å². The SMILES string of the molecule is O=C(O)CCC(=O)Nc1ccc(C(=O)Nc2cccc(O)c2)cc1. The van der Waals surface area contributed by atoms with E-state index >= 15 is 0 Å². The number of carboxylic acids is 1. The number of carboxylic acid groups (broad SMARTS) is 1. The summed E-state index contributed by atoms with van der Waals surface area (Å²) in [6.07, 6.45) is -0.356. The molecule has 0 spiro atoms. The van der Waals surface area contributed by atoms with Crippen molar-refractivity contribution in [1.29, 1.82) is 0 Å². The molecule has 2 aromatic rings. The molecule has 2 aromatic carbocycles. The Kier molecular flexibility index (Phi) is 5.51. The van der Waals surface area contributed by atoms with Gasteiger partial charge in [-0.3, -0.25) is 14.4 Å². The molecule has 0 heterocycles. The Balaban J connectivity index is 1.94. The minimum Gasteiger partial charge on any atom is -0.508 e. The van der Waals surface area contributed by atoms with Crippen LogP contribution in [0.5, 0.6) is 5.75 Å². The molecule has 0 aliphatic carbocycles. The van der Waals surface area contributed by atoms with Gasteiger partial charge < -0.3 is 20.8 Å². The van der Waals surface area contributed by atoms with E-state index < -0.39 is 11.9 Å². The highest BCUT2D eigenvalue weighted by molar-refractivity contribution is 6.04. The topological polar surface area (TPSA) is 116 Å². The van der Waals surface area contributed by atoms with Gasteiger partial charge >= 0.3 is 5.97 Å². The van der Waals surface area contributed by atoms with E-state index in [9.17, 15) is 19.5 Å². The van der Waals surface area contributed by atoms with Gasteiger partial charge in [-0.05, 0) is 36.4 Å². The summed E-state index contributed by atoms with van der Waals surface area (Å²) in [6, 6.07) is 12.4. The fourth-order valence-electron chi connectivity index (χ4n) is 1.94. The fourth-order valence-corrected chi connectivity index (χ4v) is 1.94. The number of anilines is 2. The van der Waals surface area contributed by atoms with Gasteiger partial charge in [-0.15, -0.1) is 0 Å². The molecule has 7 nitrogen and oxygen atoms in total. The van der Waals surface area contributed by atoms with Crippen molar-refractivity contribution < 1.29 is 24.6 Å². The maximum Gasteiger partial charge on any atom is 0.303 e. The van der Waals surface area contributed by atoms with E-state index in [1.807, 2.05) is 0 Å². The number of hydrogen-bond donors (Lipinski definition) is 4. The van der Waals surface area contributed by atoms with Crippen molar-refractivity contribution in [3.63, 3.8) is 0 Å². The number of amides is 2. The van der Waals surface area contributed by atoms with Crippen LogP contribution in [0.25, 0.3) is 0 Å². The number of phenols is 1. The first-order valence-corrected chi connectivity index (χ1v) is 7.16. The molecule has 124 valence electrons. The van der Waals surface area contributed by atoms with Gasteiger partial charge in [-0.1, -0.05) is 6.07 Å². The smallest absolute Gasteiger partial charge is 0.303 e. The first-order valence-electron chi connectivity index (χ1n) is 7.16. The van der Waals surface area contributed by atoms with Crippen molar-refractivity contribution >= 4 is 29.2 Å². The Morgan fingerprint density at radius 3 is 2.21 bits per heavy atom. The highest BCUT2D eigenvalue weighted by atomic mass is 16.4. The van der Waals surface area contributed by atoms with Gasteiger partial charge in [0.2, 0.25) is 5.91 Å². The standard InChI is InChI=1S/C17H16N2O5/c20-14-3-1-2-13(10-14)19-17(24)11-4-6-12(7-5-11)18-15(21)8-9-16(22)23/h1-7,10,20H,8-9H2,(H,18,21)(H,19,24)(H,22,23). The zero-order valence-corrected chi connectivity index (χ0v) is 12.7. The second kappa shape index (κ2) is 7.77. The molecule has 7 heteroatoms. The molecule has 4 N–H and O–H groups in total. The molecule has 0 aliphatic heterocycles. The maximum atomic E-state index is 12.1. The predicted molar refractivity (Wildman–Crippen MR) is 88.0 cm³/mol. The Morgan fingerprint density at radius 2 is 1.58 bits per heavy atom. The molecule has 0 bridgehead atoms. The van der Waals surface area contributed by atoms with E-state index in [0.29, 0.717) is 16.9 Å². The lowest BCUT2D eigenvalue weighted by atomic mass is 10.2. The average Bonchev–Trinajstić information content (AvgIpc) is 2.53. The number of nitrogens with one attached hydrogen (secondary N) is 2. The average molecular weight is 328 g/mol. The van der Waals surface area contributed by atoms with E-state index in [4.69, 9.17) is 5.11 Å². The Bertz CT molecular complexity index is 756. The number of carbonyl (C=O) groups excluding carboxylic acids is 2. The lowest BCUT2D eigenvalue weighted by molar-refractivity contribution is -0.138. The molecule has 0 saturated carbocycles. The largest absolute Gasteiger partial charge is 0.508 e. The van der Waals surface area contributed by atoms with Gasteiger partial charge in [0.15, 0.2) is 0 Å². The summed E-state index contributed by atoms with van der Waals surface area (Å²) < 4.78 is 0. The third-order valence-electron chi connectivity index (χ3n) is 3.10. The van der Waals surface area contributed by atoms with Gasteiger partial charge in [0.25, 0.3) is 5.91 Å². The summed E-state index contributed by atoms with van der Waals surface area (Å²) in [5, 5.41) is 23.1. The zero-order valence-electron chi connectivity index (χ0n) is 12.7. The summed E-state index contributed by atoms with van der Waals surface area (Å²) >= 11 is 0. The van der Waals surface area contributed by atoms with Crippen LogP contribution in [0.4, 0.5) is 11.4 Å². The number of aliphatic carboxylic acids is 1. The van der Waals surface area contributed by atoms with Crippen LogP contribution in [0.1, 0.15) is 23.2 Å². The van der Waals surface area contributed by atoms with Crippen molar-refractivity contribution in [2.45, 2.75) is 12.8 Å². The minimum absolute atomic E-state index is 0.0484. The molecule has 0 radical (unpaired) electrons. The van der Waals surface area contributed by atoms with Crippen LogP contribution in [-0.2, 0) is 9.59 Å². The number of hydrogen-bond acceptors (Lipinski definition) is 4. The van der Waals surface area contributed by atoms with Gasteiger partial charge in [0.1, 0.15) is 5.75 Å². The number of rotatable bonds is 6. The Labute approximate surface area is 137 Å². The van der Waals surface area contributed by atoms with E-state index in [1.54, 1.807) is 24.3 Å². The summed E-state index contributed by atoms with van der Waals surface area (Å²) in [6.45, 7) is 0. The van der Waals surface area contributed by atoms with Crippen molar-refractivity contribution in [3.8, 4) is 5.75 Å². The summed E-state index contributed by atoms with van der Waals surface area (Å²) in [4.78, 5) is 34.0. The quantitative estimate of drug-likeness (QED) is 0.650. The van der Waals surface area contributed by atoms with Crippen molar-refractivity contribution in [1.82, 2.24) is 0 Å². The van der Waals surface area contributed by atoms with Crippen LogP contribution in [0.15, 0.2) is 48.5 Å². The zero-order chi connectivity index (χ0) is 17.5. The molecule has 0 aliphatic rings. The molecule has 24 heavy (non-hydrogen) atoms. The fraction of sp³-hybridized carbons (Fsp3) is 0.118. The minimum atomic E-state index is -1.04. The molecule has 0 atom stereocenters. The number of phenolic OH excluding ortho intramolecular Hbond substituents is 1. The first kappa shape index (κ1) is 17.0. The van der Waals surface area contributed by atoms with Gasteiger partial charge in [-0.2, -0.15) is 0 Å². The molecule has 2 rings (SSSR count). The highest BCUT2D eigenvalue weighted by Gasteiger charge is 2.08. The molecule has 0 fully saturated rings. The number of aromatic hydroxyl groups is 1. The van der Waals surface area contributed by atoms with E-state index in [1.165, 1.54) is 24.3 Å². The monoisotopic (exact) mass is 328 g/mol. The molecule has 0 saturated heterocycles. The molecule has 2 amide bonds. The molecular weight excluding hydrogens is 312 g/mol. The lowest BCUT2D eigenvalue weighted by Gasteiger charge is -2.07. The normalized spacial score (nSPS) is 10.0. The third-order valence-corrected chi connectivity index (χ3v) is 3.10. The molecule has 0 aromatic heterocycles. The van der Waals surface area contributed by atoms with Crippen molar-refractivity contribution in [2.24, 2.45) is 0 Å². The number of carbonyl (C=O) groups is 3. The van der Waals surface area contributed by atoms with Gasteiger partial charge in [-0.25, -0.2) is 0 Å². The third kappa shape index (κ3) is 5.13. The second-order valence-electron chi connectivity index (χ2n) is 5.02. The van der Waals surface area contributed by atoms with Crippen LogP contribution < -0.4 is 10.6 Å². The summed E-state index contributed by atoms with van der Waals surface area (Å²) in [7, 11) is 0. The first-order chi connectivity index (χ1) is 11.4. The van der Waals surface area contributed by atoms with Crippen LogP contribution >= 0.6 is 0 Å². The summed E-state index contributed by atoms with van der Waals surface area (Å²) in [5.41, 5.74) is 1.31. The van der Waals surface area contributed by atoms with Gasteiger partial charge in [0, 0.05) is 29.4 Å². The second-order valence-corrected chi connectivity index (χ2v) is 5.02. The van der Waals surface area contributed by atoms with E-state index in [2.05, 4.69) is 10.6 Å². The van der Waals surface area contributed by atoms with E-state index in [-0.39, 0.29) is 24.5 Å². The van der Waals surface area contributed by atoms with Crippen molar-refractivity contribution in [3.05, 3.63) is 54.1 Å². The van der Waals surface area contributed by atoms with Crippen LogP contribution in [0.2, 0.25) is 0 Å². The number of benzene rings is 2. The van der Waals surface area contributed by atoms with Crippen LogP contribution in [-0.4, -0.2) is 28.0 Å². The van der Waals surface area contributed by atoms with Crippen LogP contribution in [0.3, 0.4) is 0 Å². The van der Waals surface area contributed by atoms with Crippen LogP contribution in [0, 0.1) is 0 Å². The molecular formula is C17H16N2O5. The maximum absolute atomic E-state index is 12.1.